The highest BCUT2D eigenvalue weighted by atomic mass is 35.5. The zero-order valence-corrected chi connectivity index (χ0v) is 27.0. The van der Waals surface area contributed by atoms with Gasteiger partial charge in [0.15, 0.2) is 0 Å². The van der Waals surface area contributed by atoms with Crippen LogP contribution in [0.15, 0.2) is 114 Å². The van der Waals surface area contributed by atoms with Gasteiger partial charge in [-0.15, -0.1) is 0 Å². The normalized spacial score (nSPS) is 12.3. The molecule has 230 valence electrons. The molecule has 44 heavy (non-hydrogen) atoms. The van der Waals surface area contributed by atoms with Crippen LogP contribution in [0.2, 0.25) is 5.02 Å². The molecule has 0 aliphatic rings. The van der Waals surface area contributed by atoms with E-state index in [2.05, 4.69) is 5.32 Å². The maximum atomic E-state index is 14.5. The van der Waals surface area contributed by atoms with Crippen LogP contribution < -0.4 is 9.62 Å². The minimum Gasteiger partial charge on any atom is -0.350 e. The van der Waals surface area contributed by atoms with Crippen molar-refractivity contribution in [3.05, 3.63) is 131 Å². The maximum Gasteiger partial charge on any atom is 0.264 e. The molecule has 0 spiro atoms. The largest absolute Gasteiger partial charge is 0.350 e. The molecule has 0 aliphatic heterocycles. The van der Waals surface area contributed by atoms with Crippen LogP contribution in [0, 0.1) is 6.92 Å². The van der Waals surface area contributed by atoms with Gasteiger partial charge in [-0.05, 0) is 63.1 Å². The number of benzene rings is 4. The van der Waals surface area contributed by atoms with Gasteiger partial charge in [0.05, 0.1) is 15.6 Å². The van der Waals surface area contributed by atoms with Gasteiger partial charge in [0.1, 0.15) is 12.6 Å². The second-order valence-electron chi connectivity index (χ2n) is 11.7. The second-order valence-corrected chi connectivity index (χ2v) is 14.0. The minimum absolute atomic E-state index is 0.0177. The predicted octanol–water partition coefficient (Wildman–Crippen LogP) is 6.40. The topological polar surface area (TPSA) is 86.8 Å². The van der Waals surface area contributed by atoms with Gasteiger partial charge in [-0.3, -0.25) is 13.9 Å². The number of aryl methyl sites for hydroxylation is 1. The Hall–Kier alpha value is -4.14. The predicted molar refractivity (Wildman–Crippen MR) is 176 cm³/mol. The van der Waals surface area contributed by atoms with Crippen LogP contribution in [0.1, 0.15) is 37.5 Å². The molecule has 0 aromatic heterocycles. The number of amides is 2. The van der Waals surface area contributed by atoms with E-state index in [1.165, 1.54) is 17.0 Å². The van der Waals surface area contributed by atoms with Crippen LogP contribution in [0.3, 0.4) is 0 Å². The zero-order chi connectivity index (χ0) is 31.9. The number of carbonyl (C=O) groups excluding carboxylic acids is 2. The van der Waals surface area contributed by atoms with E-state index in [0.29, 0.717) is 0 Å². The Morgan fingerprint density at radius 1 is 0.795 bits per heavy atom. The molecule has 0 heterocycles. The monoisotopic (exact) mass is 631 g/mol. The van der Waals surface area contributed by atoms with Crippen LogP contribution in [0.4, 0.5) is 5.69 Å². The van der Waals surface area contributed by atoms with Crippen molar-refractivity contribution in [3.8, 4) is 0 Å². The van der Waals surface area contributed by atoms with Gasteiger partial charge in [0.2, 0.25) is 11.8 Å². The molecule has 0 bridgehead atoms. The molecule has 0 saturated carbocycles. The van der Waals surface area contributed by atoms with Gasteiger partial charge >= 0.3 is 0 Å². The first-order valence-corrected chi connectivity index (χ1v) is 16.2. The van der Waals surface area contributed by atoms with E-state index in [-0.39, 0.29) is 34.5 Å². The smallest absolute Gasteiger partial charge is 0.264 e. The van der Waals surface area contributed by atoms with Crippen molar-refractivity contribution in [2.45, 2.75) is 57.1 Å². The van der Waals surface area contributed by atoms with Gasteiger partial charge in [-0.2, -0.15) is 0 Å². The lowest BCUT2D eigenvalue weighted by molar-refractivity contribution is -0.140. The van der Waals surface area contributed by atoms with Crippen molar-refractivity contribution in [2.24, 2.45) is 0 Å². The summed E-state index contributed by atoms with van der Waals surface area (Å²) in [4.78, 5) is 29.9. The Bertz CT molecular complexity index is 1670. The highest BCUT2D eigenvalue weighted by Crippen LogP contribution is 2.31. The molecule has 9 heteroatoms. The van der Waals surface area contributed by atoms with E-state index in [9.17, 15) is 18.0 Å². The number of sulfonamides is 1. The number of hydrogen-bond donors (Lipinski definition) is 1. The average molecular weight is 632 g/mol. The van der Waals surface area contributed by atoms with Gasteiger partial charge < -0.3 is 10.2 Å². The molecule has 2 amide bonds. The standard InChI is InChI=1S/C35H38ClN3O4S/c1-26-19-21-28(22-20-26)24-38(32(34(41)37-35(2,3)4)23-27-13-7-5-8-14-27)33(40)25-39(31-18-12-11-17-30(31)36)44(42,43)29-15-9-6-10-16-29/h5-22,32H,23-25H2,1-4H3,(H,37,41). The summed E-state index contributed by atoms with van der Waals surface area (Å²) in [6.07, 6.45) is 0.234. The molecule has 1 atom stereocenters. The summed E-state index contributed by atoms with van der Waals surface area (Å²) in [5.74, 6) is -0.882. The number of para-hydroxylation sites is 1. The van der Waals surface area contributed by atoms with Gasteiger partial charge in [-0.1, -0.05) is 102 Å². The molecule has 4 rings (SSSR count). The Morgan fingerprint density at radius 2 is 1.36 bits per heavy atom. The quantitative estimate of drug-likeness (QED) is 0.208. The molecule has 7 nitrogen and oxygen atoms in total. The molecule has 1 unspecified atom stereocenters. The molecule has 0 fully saturated rings. The number of rotatable bonds is 11. The Labute approximate surface area is 265 Å². The van der Waals surface area contributed by atoms with Crippen molar-refractivity contribution in [1.29, 1.82) is 0 Å². The highest BCUT2D eigenvalue weighted by molar-refractivity contribution is 7.92. The molecular weight excluding hydrogens is 594 g/mol. The zero-order valence-electron chi connectivity index (χ0n) is 25.4. The van der Waals surface area contributed by atoms with E-state index in [1.54, 1.807) is 42.5 Å². The van der Waals surface area contributed by atoms with Crippen LogP contribution in [0.25, 0.3) is 0 Å². The van der Waals surface area contributed by atoms with Crippen molar-refractivity contribution in [2.75, 3.05) is 10.8 Å². The summed E-state index contributed by atoms with van der Waals surface area (Å²) in [6.45, 7) is 7.13. The van der Waals surface area contributed by atoms with Gasteiger partial charge in [0, 0.05) is 18.5 Å². The Kier molecular flexibility index (Phi) is 10.5. The third-order valence-corrected chi connectivity index (χ3v) is 9.07. The highest BCUT2D eigenvalue weighted by Gasteiger charge is 2.36. The number of hydrogen-bond acceptors (Lipinski definition) is 4. The van der Waals surface area contributed by atoms with E-state index in [1.807, 2.05) is 82.3 Å². The number of halogens is 1. The summed E-state index contributed by atoms with van der Waals surface area (Å²) < 4.78 is 29.1. The number of nitrogens with zero attached hydrogens (tertiary/aromatic N) is 2. The van der Waals surface area contributed by atoms with E-state index < -0.39 is 34.1 Å². The fourth-order valence-electron chi connectivity index (χ4n) is 4.78. The molecular formula is C35H38ClN3O4S. The number of carbonyl (C=O) groups is 2. The van der Waals surface area contributed by atoms with Crippen LogP contribution in [-0.4, -0.2) is 43.3 Å². The maximum absolute atomic E-state index is 14.5. The molecule has 1 N–H and O–H groups in total. The first kappa shape index (κ1) is 32.8. The van der Waals surface area contributed by atoms with Gasteiger partial charge in [0.25, 0.3) is 10.0 Å². The molecule has 4 aromatic carbocycles. The summed E-state index contributed by atoms with van der Waals surface area (Å²) in [5.41, 5.74) is 2.33. The first-order valence-electron chi connectivity index (χ1n) is 14.4. The second kappa shape index (κ2) is 14.1. The Balaban J connectivity index is 1.82. The van der Waals surface area contributed by atoms with Gasteiger partial charge in [-0.25, -0.2) is 8.42 Å². The summed E-state index contributed by atoms with van der Waals surface area (Å²) >= 11 is 6.52. The third-order valence-electron chi connectivity index (χ3n) is 6.97. The van der Waals surface area contributed by atoms with E-state index >= 15 is 0 Å². The lowest BCUT2D eigenvalue weighted by Gasteiger charge is -2.35. The fraction of sp³-hybridized carbons (Fsp3) is 0.257. The van der Waals surface area contributed by atoms with Crippen LogP contribution in [0.5, 0.6) is 0 Å². The van der Waals surface area contributed by atoms with E-state index in [0.717, 1.165) is 21.0 Å². The van der Waals surface area contributed by atoms with Crippen molar-refractivity contribution in [3.63, 3.8) is 0 Å². The van der Waals surface area contributed by atoms with E-state index in [4.69, 9.17) is 11.6 Å². The minimum atomic E-state index is -4.22. The number of nitrogens with one attached hydrogen (secondary N) is 1. The fourth-order valence-corrected chi connectivity index (χ4v) is 6.53. The van der Waals surface area contributed by atoms with Crippen molar-refractivity contribution < 1.29 is 18.0 Å². The van der Waals surface area contributed by atoms with Crippen LogP contribution >= 0.6 is 11.6 Å². The summed E-state index contributed by atoms with van der Waals surface area (Å²) in [5, 5.41) is 3.21. The van der Waals surface area contributed by atoms with Crippen molar-refractivity contribution >= 4 is 39.1 Å². The van der Waals surface area contributed by atoms with Crippen LogP contribution in [-0.2, 0) is 32.6 Å². The lowest BCUT2D eigenvalue weighted by atomic mass is 10.0. The Morgan fingerprint density at radius 3 is 1.95 bits per heavy atom. The third kappa shape index (κ3) is 8.49. The molecule has 0 radical (unpaired) electrons. The number of anilines is 1. The SMILES string of the molecule is Cc1ccc(CN(C(=O)CN(c2ccccc2Cl)S(=O)(=O)c2ccccc2)C(Cc2ccccc2)C(=O)NC(C)(C)C)cc1. The summed E-state index contributed by atoms with van der Waals surface area (Å²) in [7, 11) is -4.22. The lowest BCUT2D eigenvalue weighted by Crippen LogP contribution is -2.56. The first-order chi connectivity index (χ1) is 20.8. The summed E-state index contributed by atoms with van der Waals surface area (Å²) in [6, 6.07) is 30.6. The molecule has 0 saturated heterocycles. The molecule has 4 aromatic rings. The average Bonchev–Trinajstić information content (AvgIpc) is 2.99. The molecule has 0 aliphatic carbocycles. The van der Waals surface area contributed by atoms with Crippen molar-refractivity contribution in [1.82, 2.24) is 10.2 Å².